The van der Waals surface area contributed by atoms with Crippen LogP contribution in [-0.2, 0) is 11.3 Å². The number of ether oxygens (including phenoxy) is 1. The van der Waals surface area contributed by atoms with Gasteiger partial charge < -0.3 is 9.64 Å². The van der Waals surface area contributed by atoms with Gasteiger partial charge in [0.15, 0.2) is 0 Å². The lowest BCUT2D eigenvalue weighted by Gasteiger charge is -2.31. The second-order valence-electron chi connectivity index (χ2n) is 6.66. The van der Waals surface area contributed by atoms with E-state index in [4.69, 9.17) is 15.3 Å². The van der Waals surface area contributed by atoms with Crippen LogP contribution in [0.5, 0.6) is 5.75 Å². The van der Waals surface area contributed by atoms with Crippen LogP contribution in [0.2, 0.25) is 0 Å². The van der Waals surface area contributed by atoms with Crippen molar-refractivity contribution < 1.29 is 9.53 Å². The Morgan fingerprint density at radius 1 is 1.43 bits per heavy atom. The van der Waals surface area contributed by atoms with Gasteiger partial charge in [-0.15, -0.1) is 0 Å². The summed E-state index contributed by atoms with van der Waals surface area (Å²) < 4.78 is 5.67. The van der Waals surface area contributed by atoms with E-state index < -0.39 is 5.41 Å². The molecule has 1 aliphatic heterocycles. The van der Waals surface area contributed by atoms with Crippen molar-refractivity contribution >= 4 is 5.91 Å². The number of amides is 1. The predicted octanol–water partition coefficient (Wildman–Crippen LogP) is 1.86. The number of nitrogens with zero attached hydrogens (tertiary/aromatic N) is 4. The van der Waals surface area contributed by atoms with Crippen molar-refractivity contribution in [2.24, 2.45) is 17.3 Å². The molecule has 2 unspecified atom stereocenters. The first kappa shape index (κ1) is 15.3. The molecule has 1 aliphatic carbocycles. The summed E-state index contributed by atoms with van der Waals surface area (Å²) in [4.78, 5) is 18.8. The van der Waals surface area contributed by atoms with Gasteiger partial charge in [-0.1, -0.05) is 13.8 Å². The average molecular weight is 310 g/mol. The molecule has 1 saturated carbocycles. The summed E-state index contributed by atoms with van der Waals surface area (Å²) in [6, 6.07) is 4.33. The van der Waals surface area contributed by atoms with Crippen molar-refractivity contribution in [3.8, 4) is 17.9 Å². The number of hydrogen-bond donors (Lipinski definition) is 0. The van der Waals surface area contributed by atoms with Crippen molar-refractivity contribution in [1.82, 2.24) is 9.88 Å². The number of rotatable bonds is 2. The van der Waals surface area contributed by atoms with Crippen LogP contribution in [-0.4, -0.2) is 28.9 Å². The van der Waals surface area contributed by atoms with Gasteiger partial charge in [0.1, 0.15) is 24.0 Å². The molecule has 0 radical (unpaired) electrons. The third-order valence-electron chi connectivity index (χ3n) is 4.78. The first-order valence-electron chi connectivity index (χ1n) is 7.67. The van der Waals surface area contributed by atoms with E-state index >= 15 is 0 Å². The minimum atomic E-state index is -0.564. The molecule has 2 heterocycles. The number of aromatic nitrogens is 1. The van der Waals surface area contributed by atoms with Crippen LogP contribution in [0.25, 0.3) is 0 Å². The highest BCUT2D eigenvalue weighted by Gasteiger charge is 2.52. The molecular formula is C17H18N4O2. The van der Waals surface area contributed by atoms with Crippen LogP contribution in [0.15, 0.2) is 12.4 Å². The average Bonchev–Trinajstić information content (AvgIpc) is 3.35. The van der Waals surface area contributed by atoms with E-state index in [1.807, 2.05) is 13.8 Å². The summed E-state index contributed by atoms with van der Waals surface area (Å²) in [5, 5.41) is 18.2. The second-order valence-corrected chi connectivity index (χ2v) is 6.66. The fourth-order valence-electron chi connectivity index (χ4n) is 3.27. The Kier molecular flexibility index (Phi) is 3.69. The Morgan fingerprint density at radius 2 is 2.22 bits per heavy atom. The van der Waals surface area contributed by atoms with Gasteiger partial charge in [-0.3, -0.25) is 9.78 Å². The fraction of sp³-hybridized carbons (Fsp3) is 0.529. The molecule has 1 aromatic heterocycles. The molecule has 2 atom stereocenters. The van der Waals surface area contributed by atoms with Crippen molar-refractivity contribution in [3.63, 3.8) is 0 Å². The molecule has 0 bridgehead atoms. The Hall–Kier alpha value is -2.60. The summed E-state index contributed by atoms with van der Waals surface area (Å²) in [5.74, 6) is 0.652. The Bertz CT molecular complexity index is 729. The molecule has 0 saturated heterocycles. The van der Waals surface area contributed by atoms with Gasteiger partial charge in [-0.05, 0) is 12.3 Å². The number of carbonyl (C=O) groups is 1. The van der Waals surface area contributed by atoms with E-state index in [1.54, 1.807) is 11.1 Å². The highest BCUT2D eigenvalue weighted by molar-refractivity contribution is 5.83. The summed E-state index contributed by atoms with van der Waals surface area (Å²) in [6.45, 7) is 5.01. The van der Waals surface area contributed by atoms with Crippen molar-refractivity contribution in [2.45, 2.75) is 26.8 Å². The van der Waals surface area contributed by atoms with Gasteiger partial charge >= 0.3 is 0 Å². The summed E-state index contributed by atoms with van der Waals surface area (Å²) in [7, 11) is 0. The van der Waals surface area contributed by atoms with Crippen LogP contribution >= 0.6 is 0 Å². The summed E-state index contributed by atoms with van der Waals surface area (Å²) in [6.07, 6.45) is 3.91. The highest BCUT2D eigenvalue weighted by Crippen LogP contribution is 2.51. The van der Waals surface area contributed by atoms with Crippen molar-refractivity contribution in [2.75, 3.05) is 13.2 Å². The third kappa shape index (κ3) is 2.61. The molecule has 0 N–H and O–H groups in total. The summed E-state index contributed by atoms with van der Waals surface area (Å²) >= 11 is 0. The normalized spacial score (nSPS) is 22.9. The molecule has 6 heteroatoms. The molecule has 0 aromatic carbocycles. The summed E-state index contributed by atoms with van der Waals surface area (Å²) in [5.41, 5.74) is 0.576. The van der Waals surface area contributed by atoms with Gasteiger partial charge in [0, 0.05) is 23.4 Å². The minimum Gasteiger partial charge on any atom is -0.490 e. The number of pyridine rings is 1. The Morgan fingerprint density at radius 3 is 2.87 bits per heavy atom. The topological polar surface area (TPSA) is 90.0 Å². The smallest absolute Gasteiger partial charge is 0.228 e. The van der Waals surface area contributed by atoms with E-state index in [0.29, 0.717) is 31.0 Å². The van der Waals surface area contributed by atoms with Gasteiger partial charge in [0.05, 0.1) is 25.1 Å². The highest BCUT2D eigenvalue weighted by atomic mass is 16.5. The first-order chi connectivity index (χ1) is 11.0. The lowest BCUT2D eigenvalue weighted by molar-refractivity contribution is -0.142. The molecule has 118 valence electrons. The van der Waals surface area contributed by atoms with Gasteiger partial charge in [0.2, 0.25) is 5.91 Å². The second kappa shape index (κ2) is 5.55. The number of hydrogen-bond acceptors (Lipinski definition) is 5. The number of carbonyl (C=O) groups excluding carboxylic acids is 1. The van der Waals surface area contributed by atoms with Crippen molar-refractivity contribution in [3.05, 3.63) is 23.5 Å². The zero-order chi connectivity index (χ0) is 16.6. The van der Waals surface area contributed by atoms with E-state index in [0.717, 1.165) is 12.0 Å². The molecule has 2 aliphatic rings. The van der Waals surface area contributed by atoms with Gasteiger partial charge in [0.25, 0.3) is 0 Å². The predicted molar refractivity (Wildman–Crippen MR) is 80.9 cm³/mol. The Labute approximate surface area is 135 Å². The largest absolute Gasteiger partial charge is 0.490 e. The quantitative estimate of drug-likeness (QED) is 0.831. The van der Waals surface area contributed by atoms with Crippen LogP contribution in [0.4, 0.5) is 0 Å². The number of nitriles is 2. The van der Waals surface area contributed by atoms with Gasteiger partial charge in [-0.2, -0.15) is 10.5 Å². The molecule has 1 fully saturated rings. The van der Waals surface area contributed by atoms with E-state index in [-0.39, 0.29) is 17.7 Å². The van der Waals surface area contributed by atoms with Crippen LogP contribution < -0.4 is 4.74 Å². The molecule has 1 aromatic rings. The standard InChI is InChI=1S/C17H18N4O2/c1-17(2,14-5-11(14)6-18)16(22)21-3-4-23-15-12(7-19)8-20-9-13(15)10-21/h8-9,11,14H,3-5,10H2,1-2H3. The molecule has 6 nitrogen and oxygen atoms in total. The minimum absolute atomic E-state index is 0.0173. The molecule has 3 rings (SSSR count). The van der Waals surface area contributed by atoms with Crippen molar-refractivity contribution in [1.29, 1.82) is 10.5 Å². The van der Waals surface area contributed by atoms with Crippen LogP contribution in [0, 0.1) is 39.9 Å². The SMILES string of the molecule is CC(C)(C(=O)N1CCOc2c(C#N)cncc2C1)C1CC1C#N. The Balaban J connectivity index is 1.83. The third-order valence-corrected chi connectivity index (χ3v) is 4.78. The molecule has 1 amide bonds. The zero-order valence-electron chi connectivity index (χ0n) is 13.2. The van der Waals surface area contributed by atoms with Crippen LogP contribution in [0.3, 0.4) is 0 Å². The van der Waals surface area contributed by atoms with E-state index in [1.165, 1.54) is 6.20 Å². The molecule has 0 spiro atoms. The monoisotopic (exact) mass is 310 g/mol. The number of fused-ring (bicyclic) bond motifs is 1. The van der Waals surface area contributed by atoms with E-state index in [9.17, 15) is 4.79 Å². The van der Waals surface area contributed by atoms with Crippen LogP contribution in [0.1, 0.15) is 31.4 Å². The fourth-order valence-corrected chi connectivity index (χ4v) is 3.27. The maximum absolute atomic E-state index is 13.0. The lowest BCUT2D eigenvalue weighted by Crippen LogP contribution is -2.43. The van der Waals surface area contributed by atoms with E-state index in [2.05, 4.69) is 17.1 Å². The first-order valence-corrected chi connectivity index (χ1v) is 7.67. The lowest BCUT2D eigenvalue weighted by atomic mass is 9.84. The maximum atomic E-state index is 13.0. The molecule has 23 heavy (non-hydrogen) atoms. The van der Waals surface area contributed by atoms with Gasteiger partial charge in [-0.25, -0.2) is 0 Å². The molecular weight excluding hydrogens is 292 g/mol. The zero-order valence-corrected chi connectivity index (χ0v) is 13.2. The maximum Gasteiger partial charge on any atom is 0.228 e.